The van der Waals surface area contributed by atoms with Crippen molar-refractivity contribution >= 4 is 6.09 Å². The van der Waals surface area contributed by atoms with Crippen molar-refractivity contribution in [3.8, 4) is 0 Å². The highest BCUT2D eigenvalue weighted by Crippen LogP contribution is 2.13. The van der Waals surface area contributed by atoms with Gasteiger partial charge in [0.15, 0.2) is 0 Å². The summed E-state index contributed by atoms with van der Waals surface area (Å²) < 4.78 is 5.26. The van der Waals surface area contributed by atoms with Gasteiger partial charge in [0.05, 0.1) is 0 Å². The monoisotopic (exact) mass is 306 g/mol. The van der Waals surface area contributed by atoms with Gasteiger partial charge < -0.3 is 15.4 Å². The highest BCUT2D eigenvalue weighted by Gasteiger charge is 2.17. The van der Waals surface area contributed by atoms with E-state index < -0.39 is 5.60 Å². The summed E-state index contributed by atoms with van der Waals surface area (Å²) in [5, 5.41) is 6.35. The molecule has 1 unspecified atom stereocenters. The molecule has 1 aromatic rings. The predicted molar refractivity (Wildman–Crippen MR) is 91.1 cm³/mol. The molecule has 4 nitrogen and oxygen atoms in total. The summed E-state index contributed by atoms with van der Waals surface area (Å²) in [6, 6.07) is 6.56. The fourth-order valence-electron chi connectivity index (χ4n) is 2.26. The van der Waals surface area contributed by atoms with E-state index >= 15 is 0 Å². The first kappa shape index (κ1) is 18.5. The number of benzene rings is 1. The Kier molecular flexibility index (Phi) is 6.88. The summed E-state index contributed by atoms with van der Waals surface area (Å²) in [5.74, 6) is 0. The lowest BCUT2D eigenvalue weighted by atomic mass is 10.0. The summed E-state index contributed by atoms with van der Waals surface area (Å²) in [4.78, 5) is 11.7. The van der Waals surface area contributed by atoms with Crippen molar-refractivity contribution in [2.45, 2.75) is 66.2 Å². The average Bonchev–Trinajstić information content (AvgIpc) is 2.39. The van der Waals surface area contributed by atoms with Gasteiger partial charge in [0.2, 0.25) is 0 Å². The Balaban J connectivity index is 2.47. The average molecular weight is 306 g/mol. The van der Waals surface area contributed by atoms with Gasteiger partial charge in [-0.15, -0.1) is 0 Å². The summed E-state index contributed by atoms with van der Waals surface area (Å²) in [6.45, 7) is 13.3. The number of nitrogens with one attached hydrogen (secondary N) is 2. The number of ether oxygens (including phenoxy) is 1. The van der Waals surface area contributed by atoms with Crippen molar-refractivity contribution in [3.05, 3.63) is 34.9 Å². The van der Waals surface area contributed by atoms with Gasteiger partial charge in [0, 0.05) is 19.1 Å². The van der Waals surface area contributed by atoms with E-state index in [9.17, 15) is 4.79 Å². The molecule has 0 spiro atoms. The van der Waals surface area contributed by atoms with Crippen molar-refractivity contribution in [2.24, 2.45) is 0 Å². The minimum atomic E-state index is -0.461. The van der Waals surface area contributed by atoms with E-state index in [1.807, 2.05) is 20.8 Å². The smallest absolute Gasteiger partial charge is 0.407 e. The molecule has 2 N–H and O–H groups in total. The van der Waals surface area contributed by atoms with Crippen LogP contribution in [-0.4, -0.2) is 24.3 Å². The second kappa shape index (κ2) is 8.18. The van der Waals surface area contributed by atoms with Crippen LogP contribution < -0.4 is 10.6 Å². The Morgan fingerprint density at radius 1 is 1.23 bits per heavy atom. The molecule has 0 aliphatic heterocycles. The molecular weight excluding hydrogens is 276 g/mol. The third kappa shape index (κ3) is 6.48. The normalized spacial score (nSPS) is 12.8. The second-order valence-corrected chi connectivity index (χ2v) is 6.74. The van der Waals surface area contributed by atoms with Crippen molar-refractivity contribution in [3.63, 3.8) is 0 Å². The summed E-state index contributed by atoms with van der Waals surface area (Å²) in [7, 11) is 0. The predicted octanol–water partition coefficient (Wildman–Crippen LogP) is 3.70. The zero-order valence-electron chi connectivity index (χ0n) is 14.7. The Bertz CT molecular complexity index is 472. The number of aryl methyl sites for hydroxylation is 2. The lowest BCUT2D eigenvalue weighted by molar-refractivity contribution is 0.0522. The van der Waals surface area contributed by atoms with Gasteiger partial charge in [-0.2, -0.15) is 0 Å². The largest absolute Gasteiger partial charge is 0.444 e. The first-order valence-electron chi connectivity index (χ1n) is 7.98. The van der Waals surface area contributed by atoms with Crippen LogP contribution in [0, 0.1) is 13.8 Å². The molecule has 22 heavy (non-hydrogen) atoms. The number of rotatable bonds is 6. The van der Waals surface area contributed by atoms with Crippen LogP contribution in [0.2, 0.25) is 0 Å². The Morgan fingerprint density at radius 3 is 2.32 bits per heavy atom. The standard InChI is InChI=1S/C18H30N2O2/c1-7-15(11-20-17(21)22-18(4,5)6)19-12-16-13(2)9-8-10-14(16)3/h8-10,15,19H,7,11-12H2,1-6H3,(H,20,21). The lowest BCUT2D eigenvalue weighted by Crippen LogP contribution is -2.42. The summed E-state index contributed by atoms with van der Waals surface area (Å²) in [6.07, 6.45) is 0.584. The molecule has 1 rings (SSSR count). The molecule has 1 atom stereocenters. The van der Waals surface area contributed by atoms with Gasteiger partial charge >= 0.3 is 6.09 Å². The molecule has 0 saturated heterocycles. The van der Waals surface area contributed by atoms with Gasteiger partial charge in [-0.05, 0) is 57.7 Å². The van der Waals surface area contributed by atoms with Crippen LogP contribution in [0.3, 0.4) is 0 Å². The zero-order valence-corrected chi connectivity index (χ0v) is 14.7. The molecular formula is C18H30N2O2. The number of carbonyl (C=O) groups is 1. The SMILES string of the molecule is CCC(CNC(=O)OC(C)(C)C)NCc1c(C)cccc1C. The molecule has 0 aromatic heterocycles. The first-order chi connectivity index (χ1) is 10.2. The van der Waals surface area contributed by atoms with Gasteiger partial charge in [-0.25, -0.2) is 4.79 Å². The molecule has 1 aromatic carbocycles. The minimum absolute atomic E-state index is 0.228. The van der Waals surface area contributed by atoms with Gasteiger partial charge in [0.25, 0.3) is 0 Å². The van der Waals surface area contributed by atoms with Gasteiger partial charge in [-0.1, -0.05) is 25.1 Å². The van der Waals surface area contributed by atoms with E-state index in [1.165, 1.54) is 16.7 Å². The molecule has 0 bridgehead atoms. The van der Waals surface area contributed by atoms with E-state index in [0.717, 1.165) is 13.0 Å². The van der Waals surface area contributed by atoms with E-state index in [0.29, 0.717) is 6.54 Å². The lowest BCUT2D eigenvalue weighted by Gasteiger charge is -2.22. The van der Waals surface area contributed by atoms with Crippen LogP contribution in [0.4, 0.5) is 4.79 Å². The van der Waals surface area contributed by atoms with Crippen molar-refractivity contribution in [1.82, 2.24) is 10.6 Å². The van der Waals surface area contributed by atoms with Crippen LogP contribution in [0.25, 0.3) is 0 Å². The van der Waals surface area contributed by atoms with E-state index in [-0.39, 0.29) is 12.1 Å². The topological polar surface area (TPSA) is 50.4 Å². The molecule has 1 amide bonds. The Labute approximate surface area is 134 Å². The first-order valence-corrected chi connectivity index (χ1v) is 7.98. The Hall–Kier alpha value is -1.55. The van der Waals surface area contributed by atoms with Crippen LogP contribution in [0.15, 0.2) is 18.2 Å². The third-order valence-corrected chi connectivity index (χ3v) is 3.60. The highest BCUT2D eigenvalue weighted by molar-refractivity contribution is 5.67. The highest BCUT2D eigenvalue weighted by atomic mass is 16.6. The zero-order chi connectivity index (χ0) is 16.8. The molecule has 0 aliphatic rings. The minimum Gasteiger partial charge on any atom is -0.444 e. The maximum absolute atomic E-state index is 11.7. The van der Waals surface area contributed by atoms with Crippen LogP contribution in [-0.2, 0) is 11.3 Å². The quantitative estimate of drug-likeness (QED) is 0.842. The van der Waals surface area contributed by atoms with Crippen LogP contribution in [0.5, 0.6) is 0 Å². The maximum atomic E-state index is 11.7. The van der Waals surface area contributed by atoms with Gasteiger partial charge in [-0.3, -0.25) is 0 Å². The molecule has 124 valence electrons. The number of hydrogen-bond acceptors (Lipinski definition) is 3. The fraction of sp³-hybridized carbons (Fsp3) is 0.611. The van der Waals surface area contributed by atoms with Crippen molar-refractivity contribution in [1.29, 1.82) is 0 Å². The summed E-state index contributed by atoms with van der Waals surface area (Å²) in [5.41, 5.74) is 3.46. The Morgan fingerprint density at radius 2 is 1.82 bits per heavy atom. The number of alkyl carbamates (subject to hydrolysis) is 1. The van der Waals surface area contributed by atoms with E-state index in [4.69, 9.17) is 4.74 Å². The van der Waals surface area contributed by atoms with E-state index in [2.05, 4.69) is 49.6 Å². The fourth-order valence-corrected chi connectivity index (χ4v) is 2.26. The third-order valence-electron chi connectivity index (χ3n) is 3.60. The van der Waals surface area contributed by atoms with Crippen LogP contribution in [0.1, 0.15) is 50.8 Å². The number of carbonyl (C=O) groups excluding carboxylic acids is 1. The van der Waals surface area contributed by atoms with Crippen molar-refractivity contribution < 1.29 is 9.53 Å². The van der Waals surface area contributed by atoms with E-state index in [1.54, 1.807) is 0 Å². The summed E-state index contributed by atoms with van der Waals surface area (Å²) >= 11 is 0. The maximum Gasteiger partial charge on any atom is 0.407 e. The molecule has 0 heterocycles. The van der Waals surface area contributed by atoms with Gasteiger partial charge in [0.1, 0.15) is 5.60 Å². The molecule has 0 fully saturated rings. The molecule has 0 saturated carbocycles. The second-order valence-electron chi connectivity index (χ2n) is 6.74. The molecule has 0 aliphatic carbocycles. The van der Waals surface area contributed by atoms with Crippen molar-refractivity contribution in [2.75, 3.05) is 6.54 Å². The number of amides is 1. The molecule has 4 heteroatoms. The number of hydrogen-bond donors (Lipinski definition) is 2. The molecule has 0 radical (unpaired) electrons. The van der Waals surface area contributed by atoms with Crippen LogP contribution >= 0.6 is 0 Å².